The van der Waals surface area contributed by atoms with Crippen molar-refractivity contribution in [1.82, 2.24) is 4.57 Å². The zero-order valence-corrected chi connectivity index (χ0v) is 18.7. The summed E-state index contributed by atoms with van der Waals surface area (Å²) in [5.41, 5.74) is 2.11. The van der Waals surface area contributed by atoms with E-state index >= 15 is 0 Å². The summed E-state index contributed by atoms with van der Waals surface area (Å²) in [5.74, 6) is -1.19. The molecule has 0 amide bonds. The van der Waals surface area contributed by atoms with Gasteiger partial charge in [-0.3, -0.25) is 4.79 Å². The van der Waals surface area contributed by atoms with E-state index in [4.69, 9.17) is 4.74 Å². The number of nitriles is 1. The van der Waals surface area contributed by atoms with Gasteiger partial charge in [-0.05, 0) is 35.4 Å². The zero-order chi connectivity index (χ0) is 22.3. The van der Waals surface area contributed by atoms with Crippen molar-refractivity contribution in [3.05, 3.63) is 105 Å². The summed E-state index contributed by atoms with van der Waals surface area (Å²) in [4.78, 5) is 26.8. The first kappa shape index (κ1) is 20.5. The average Bonchev–Trinajstić information content (AvgIpc) is 3.49. The van der Waals surface area contributed by atoms with Crippen molar-refractivity contribution in [3.63, 3.8) is 0 Å². The fourth-order valence-corrected chi connectivity index (χ4v) is 5.10. The number of nitrogens with zero attached hydrogens (tertiary/aromatic N) is 2. The summed E-state index contributed by atoms with van der Waals surface area (Å²) >= 11 is 3.39. The van der Waals surface area contributed by atoms with E-state index in [-0.39, 0.29) is 18.8 Å². The van der Waals surface area contributed by atoms with E-state index in [0.29, 0.717) is 17.7 Å². The summed E-state index contributed by atoms with van der Waals surface area (Å²) in [6, 6.07) is 22.6. The number of halogens is 1. The Hall–Kier alpha value is -3.43. The third-order valence-electron chi connectivity index (χ3n) is 6.36. The van der Waals surface area contributed by atoms with Gasteiger partial charge in [-0.2, -0.15) is 5.26 Å². The average molecular weight is 487 g/mol. The number of carbonyl (C=O) groups excluding carboxylic acids is 2. The quantitative estimate of drug-likeness (QED) is 0.367. The SMILES string of the molecule is N#CC1(C(=O)c2ccc(Br)cc2)CC(C(=O)OCc2ccccc2)=C2Cn3cccc3C21. The molecule has 1 aliphatic heterocycles. The monoisotopic (exact) mass is 486 g/mol. The van der Waals surface area contributed by atoms with E-state index in [9.17, 15) is 14.9 Å². The molecule has 2 aliphatic rings. The maximum Gasteiger partial charge on any atom is 0.334 e. The standard InChI is InChI=1S/C26H19BrN2O3/c27-19-10-8-18(9-11-19)24(30)26(16-28)13-20(21-14-29-12-4-7-22(29)23(21)26)25(31)32-15-17-5-2-1-3-6-17/h1-12,23H,13-15H2. The van der Waals surface area contributed by atoms with Crippen molar-refractivity contribution in [2.45, 2.75) is 25.5 Å². The first-order chi connectivity index (χ1) is 15.5. The number of ketones is 1. The van der Waals surface area contributed by atoms with Gasteiger partial charge in [-0.1, -0.05) is 58.4 Å². The maximum atomic E-state index is 13.7. The Labute approximate surface area is 194 Å². The van der Waals surface area contributed by atoms with Crippen LogP contribution in [0, 0.1) is 16.7 Å². The first-order valence-corrected chi connectivity index (χ1v) is 11.1. The predicted molar refractivity (Wildman–Crippen MR) is 122 cm³/mol. The second-order valence-electron chi connectivity index (χ2n) is 8.16. The number of hydrogen-bond donors (Lipinski definition) is 0. The number of Topliss-reactive ketones (excluding diaryl/α,β-unsaturated/α-hetero) is 1. The Kier molecular flexibility index (Phi) is 5.07. The van der Waals surface area contributed by atoms with Gasteiger partial charge in [0, 0.05) is 46.4 Å². The number of fused-ring (bicyclic) bond motifs is 3. The summed E-state index contributed by atoms with van der Waals surface area (Å²) < 4.78 is 8.46. The summed E-state index contributed by atoms with van der Waals surface area (Å²) in [6.45, 7) is 0.632. The molecule has 0 radical (unpaired) electrons. The van der Waals surface area contributed by atoms with Crippen LogP contribution in [-0.2, 0) is 22.7 Å². The Bertz CT molecular complexity index is 1280. The number of carbonyl (C=O) groups is 2. The molecule has 158 valence electrons. The van der Waals surface area contributed by atoms with Gasteiger partial charge in [0.2, 0.25) is 0 Å². The van der Waals surface area contributed by atoms with Crippen LogP contribution in [0.15, 0.2) is 88.5 Å². The van der Waals surface area contributed by atoms with Gasteiger partial charge in [0.05, 0.1) is 6.07 Å². The predicted octanol–water partition coefficient (Wildman–Crippen LogP) is 5.18. The molecule has 2 aromatic carbocycles. The fraction of sp³-hybridized carbons (Fsp3) is 0.192. The minimum atomic E-state index is -1.38. The van der Waals surface area contributed by atoms with Crippen LogP contribution in [0.1, 0.15) is 34.0 Å². The molecule has 0 bridgehead atoms. The largest absolute Gasteiger partial charge is 0.457 e. The zero-order valence-electron chi connectivity index (χ0n) is 17.1. The lowest BCUT2D eigenvalue weighted by Crippen LogP contribution is -2.33. The second kappa shape index (κ2) is 7.92. The molecule has 5 rings (SSSR count). The Morgan fingerprint density at radius 2 is 1.84 bits per heavy atom. The molecule has 3 aromatic rings. The Morgan fingerprint density at radius 3 is 2.56 bits per heavy atom. The maximum absolute atomic E-state index is 13.7. The smallest absolute Gasteiger partial charge is 0.334 e. The van der Waals surface area contributed by atoms with Gasteiger partial charge in [-0.25, -0.2) is 4.79 Å². The van der Waals surface area contributed by atoms with Crippen molar-refractivity contribution in [3.8, 4) is 6.07 Å². The van der Waals surface area contributed by atoms with E-state index in [1.165, 1.54) is 0 Å². The number of rotatable bonds is 5. The van der Waals surface area contributed by atoms with Gasteiger partial charge >= 0.3 is 5.97 Å². The molecule has 1 aromatic heterocycles. The van der Waals surface area contributed by atoms with E-state index in [2.05, 4.69) is 22.0 Å². The summed E-state index contributed by atoms with van der Waals surface area (Å²) in [7, 11) is 0. The molecule has 0 saturated heterocycles. The fourth-order valence-electron chi connectivity index (χ4n) is 4.84. The number of benzene rings is 2. The van der Waals surface area contributed by atoms with Crippen LogP contribution in [0.4, 0.5) is 0 Å². The van der Waals surface area contributed by atoms with Crippen LogP contribution < -0.4 is 0 Å². The van der Waals surface area contributed by atoms with Crippen LogP contribution >= 0.6 is 15.9 Å². The molecule has 0 saturated carbocycles. The summed E-state index contributed by atoms with van der Waals surface area (Å²) in [6.07, 6.45) is 1.97. The van der Waals surface area contributed by atoms with Crippen molar-refractivity contribution >= 4 is 27.7 Å². The first-order valence-electron chi connectivity index (χ1n) is 10.3. The highest BCUT2D eigenvalue weighted by atomic mass is 79.9. The topological polar surface area (TPSA) is 72.1 Å². The minimum absolute atomic E-state index is 0.0528. The molecule has 5 nitrogen and oxygen atoms in total. The number of ether oxygens (including phenoxy) is 1. The third-order valence-corrected chi connectivity index (χ3v) is 6.88. The van der Waals surface area contributed by atoms with E-state index < -0.39 is 17.3 Å². The second-order valence-corrected chi connectivity index (χ2v) is 9.07. The lowest BCUT2D eigenvalue weighted by Gasteiger charge is -2.26. The van der Waals surface area contributed by atoms with Gasteiger partial charge < -0.3 is 9.30 Å². The van der Waals surface area contributed by atoms with Crippen LogP contribution in [0.25, 0.3) is 0 Å². The van der Waals surface area contributed by atoms with E-state index in [1.807, 2.05) is 53.2 Å². The van der Waals surface area contributed by atoms with Crippen LogP contribution in [0.3, 0.4) is 0 Å². The number of aromatic nitrogens is 1. The molecule has 2 heterocycles. The lowest BCUT2D eigenvalue weighted by atomic mass is 9.70. The van der Waals surface area contributed by atoms with E-state index in [1.54, 1.807) is 24.3 Å². The lowest BCUT2D eigenvalue weighted by molar-refractivity contribution is -0.140. The van der Waals surface area contributed by atoms with Crippen LogP contribution in [-0.4, -0.2) is 16.3 Å². The molecule has 32 heavy (non-hydrogen) atoms. The van der Waals surface area contributed by atoms with Crippen molar-refractivity contribution in [2.24, 2.45) is 5.41 Å². The molecule has 6 heteroatoms. The Balaban J connectivity index is 1.51. The molecular weight excluding hydrogens is 468 g/mol. The van der Waals surface area contributed by atoms with E-state index in [0.717, 1.165) is 21.3 Å². The highest BCUT2D eigenvalue weighted by molar-refractivity contribution is 9.10. The molecule has 0 fully saturated rings. The van der Waals surface area contributed by atoms with Gasteiger partial charge in [0.25, 0.3) is 0 Å². The van der Waals surface area contributed by atoms with Crippen molar-refractivity contribution < 1.29 is 14.3 Å². The highest BCUT2D eigenvalue weighted by Gasteiger charge is 2.58. The number of hydrogen-bond acceptors (Lipinski definition) is 4. The molecule has 2 unspecified atom stereocenters. The van der Waals surface area contributed by atoms with Gasteiger partial charge in [-0.15, -0.1) is 0 Å². The Morgan fingerprint density at radius 1 is 1.09 bits per heavy atom. The molecule has 0 N–H and O–H groups in total. The van der Waals surface area contributed by atoms with Crippen molar-refractivity contribution in [2.75, 3.05) is 0 Å². The van der Waals surface area contributed by atoms with Crippen LogP contribution in [0.5, 0.6) is 0 Å². The summed E-state index contributed by atoms with van der Waals surface area (Å²) in [5, 5.41) is 10.4. The normalized spacial score (nSPS) is 21.1. The molecular formula is C26H19BrN2O3. The van der Waals surface area contributed by atoms with Crippen LogP contribution in [0.2, 0.25) is 0 Å². The van der Waals surface area contributed by atoms with Crippen molar-refractivity contribution in [1.29, 1.82) is 5.26 Å². The van der Waals surface area contributed by atoms with Gasteiger partial charge in [0.15, 0.2) is 5.78 Å². The third kappa shape index (κ3) is 3.21. The highest BCUT2D eigenvalue weighted by Crippen LogP contribution is 2.57. The molecule has 1 aliphatic carbocycles. The number of allylic oxidation sites excluding steroid dienone is 1. The molecule has 0 spiro atoms. The minimum Gasteiger partial charge on any atom is -0.457 e. The molecule has 2 atom stereocenters. The number of esters is 1. The van der Waals surface area contributed by atoms with Gasteiger partial charge in [0.1, 0.15) is 12.0 Å².